The number of H-pyrrole nitrogens is 1. The van der Waals surface area contributed by atoms with Crippen molar-refractivity contribution in [3.05, 3.63) is 60.7 Å². The number of nitrogens with two attached hydrogens (primary N) is 1. The van der Waals surface area contributed by atoms with Gasteiger partial charge in [0.05, 0.1) is 11.6 Å². The summed E-state index contributed by atoms with van der Waals surface area (Å²) < 4.78 is 38.6. The summed E-state index contributed by atoms with van der Waals surface area (Å²) in [6, 6.07) is 11.1. The molecule has 26 heavy (non-hydrogen) atoms. The van der Waals surface area contributed by atoms with E-state index >= 15 is 4.39 Å². The zero-order chi connectivity index (χ0) is 18.3. The summed E-state index contributed by atoms with van der Waals surface area (Å²) in [7, 11) is -4.22. The second kappa shape index (κ2) is 5.97. The second-order valence-corrected chi connectivity index (χ2v) is 7.11. The molecule has 0 aliphatic carbocycles. The summed E-state index contributed by atoms with van der Waals surface area (Å²) in [6.45, 7) is 0. The maximum Gasteiger partial charge on any atom is 0.240 e. The third kappa shape index (κ3) is 2.72. The van der Waals surface area contributed by atoms with Gasteiger partial charge >= 0.3 is 0 Å². The lowest BCUT2D eigenvalue weighted by Gasteiger charge is -2.13. The minimum Gasteiger partial charge on any atom is -0.261 e. The first-order valence-corrected chi connectivity index (χ1v) is 9.07. The predicted octanol–water partition coefficient (Wildman–Crippen LogP) is 2.47. The third-order valence-corrected chi connectivity index (χ3v) is 4.84. The fourth-order valence-electron chi connectivity index (χ4n) is 2.72. The number of hydrogen-bond donors (Lipinski definition) is 2. The molecule has 0 radical (unpaired) electrons. The van der Waals surface area contributed by atoms with Crippen LogP contribution < -0.4 is 5.14 Å². The van der Waals surface area contributed by atoms with Gasteiger partial charge in [0.25, 0.3) is 0 Å². The average Bonchev–Trinajstić information content (AvgIpc) is 3.08. The van der Waals surface area contributed by atoms with Crippen molar-refractivity contribution in [2.75, 3.05) is 0 Å². The SMILES string of the molecule is NS(=O)(=O)c1ccc(-c2ncc3cn[nH]c3n2)c(-c2ccccc2)c1F. The maximum atomic E-state index is 15.1. The molecule has 0 saturated heterocycles. The van der Waals surface area contributed by atoms with Crippen LogP contribution in [0.2, 0.25) is 0 Å². The molecule has 0 spiro atoms. The summed E-state index contributed by atoms with van der Waals surface area (Å²) in [6.07, 6.45) is 3.13. The van der Waals surface area contributed by atoms with E-state index in [4.69, 9.17) is 5.14 Å². The smallest absolute Gasteiger partial charge is 0.240 e. The third-order valence-electron chi connectivity index (χ3n) is 3.91. The van der Waals surface area contributed by atoms with Crippen LogP contribution in [0.1, 0.15) is 0 Å². The summed E-state index contributed by atoms with van der Waals surface area (Å²) in [5, 5.41) is 12.5. The van der Waals surface area contributed by atoms with E-state index in [1.165, 1.54) is 6.07 Å². The van der Waals surface area contributed by atoms with Crippen LogP contribution in [0.4, 0.5) is 4.39 Å². The number of nitrogens with zero attached hydrogens (tertiary/aromatic N) is 3. The van der Waals surface area contributed by atoms with Crippen molar-refractivity contribution in [3.8, 4) is 22.5 Å². The van der Waals surface area contributed by atoms with E-state index in [2.05, 4.69) is 20.2 Å². The molecule has 2 heterocycles. The number of aromatic nitrogens is 4. The lowest BCUT2D eigenvalue weighted by atomic mass is 9.98. The van der Waals surface area contributed by atoms with Crippen LogP contribution >= 0.6 is 0 Å². The van der Waals surface area contributed by atoms with Gasteiger partial charge in [-0.2, -0.15) is 5.10 Å². The van der Waals surface area contributed by atoms with E-state index in [0.29, 0.717) is 22.2 Å². The van der Waals surface area contributed by atoms with E-state index in [1.807, 2.05) is 0 Å². The molecule has 0 saturated carbocycles. The van der Waals surface area contributed by atoms with Crippen molar-refractivity contribution < 1.29 is 12.8 Å². The highest BCUT2D eigenvalue weighted by atomic mass is 32.2. The van der Waals surface area contributed by atoms with Crippen LogP contribution in [0, 0.1) is 5.82 Å². The molecule has 4 rings (SSSR count). The predicted molar refractivity (Wildman–Crippen MR) is 93.9 cm³/mol. The Balaban J connectivity index is 2.04. The van der Waals surface area contributed by atoms with Gasteiger partial charge in [0.15, 0.2) is 17.3 Å². The molecule has 0 atom stereocenters. The highest BCUT2D eigenvalue weighted by Crippen LogP contribution is 2.35. The highest BCUT2D eigenvalue weighted by Gasteiger charge is 2.23. The zero-order valence-electron chi connectivity index (χ0n) is 13.2. The van der Waals surface area contributed by atoms with Crippen LogP contribution in [-0.2, 0) is 10.0 Å². The summed E-state index contributed by atoms with van der Waals surface area (Å²) in [5.41, 5.74) is 1.39. The van der Waals surface area contributed by atoms with Gasteiger partial charge in [-0.1, -0.05) is 30.3 Å². The largest absolute Gasteiger partial charge is 0.261 e. The van der Waals surface area contributed by atoms with Gasteiger partial charge in [-0.25, -0.2) is 27.9 Å². The summed E-state index contributed by atoms with van der Waals surface area (Å²) in [5.74, 6) is -0.704. The number of nitrogens with one attached hydrogen (secondary N) is 1. The Morgan fingerprint density at radius 2 is 1.81 bits per heavy atom. The number of hydrogen-bond acceptors (Lipinski definition) is 5. The Kier molecular flexibility index (Phi) is 3.74. The standard InChI is InChI=1S/C17H12FN5O2S/c18-15-13(26(19,24)25)7-6-12(14(15)10-4-2-1-3-5-10)17-20-8-11-9-21-23-16(11)22-17/h1-9H,(H2,19,24,25)(H,20,21,22,23). The van der Waals surface area contributed by atoms with Gasteiger partial charge < -0.3 is 0 Å². The zero-order valence-corrected chi connectivity index (χ0v) is 14.0. The van der Waals surface area contributed by atoms with E-state index in [9.17, 15) is 8.42 Å². The number of benzene rings is 2. The number of aromatic amines is 1. The van der Waals surface area contributed by atoms with E-state index in [0.717, 1.165) is 6.07 Å². The molecule has 0 amide bonds. The molecule has 4 aromatic rings. The minimum atomic E-state index is -4.22. The van der Waals surface area contributed by atoms with Crippen LogP contribution in [0.25, 0.3) is 33.5 Å². The fourth-order valence-corrected chi connectivity index (χ4v) is 3.33. The first kappa shape index (κ1) is 16.3. The van der Waals surface area contributed by atoms with Crippen molar-refractivity contribution >= 4 is 21.1 Å². The molecular weight excluding hydrogens is 357 g/mol. The minimum absolute atomic E-state index is 0.0657. The molecule has 0 aliphatic rings. The first-order valence-electron chi connectivity index (χ1n) is 7.52. The number of sulfonamides is 1. The molecule has 0 unspecified atom stereocenters. The Bertz CT molecular complexity index is 1220. The fraction of sp³-hybridized carbons (Fsp3) is 0. The first-order chi connectivity index (χ1) is 12.4. The topological polar surface area (TPSA) is 115 Å². The Labute approximate surface area is 147 Å². The summed E-state index contributed by atoms with van der Waals surface area (Å²) in [4.78, 5) is 8.02. The monoisotopic (exact) mass is 369 g/mol. The van der Waals surface area contributed by atoms with E-state index in [-0.39, 0.29) is 11.4 Å². The van der Waals surface area contributed by atoms with Gasteiger partial charge in [-0.15, -0.1) is 0 Å². The van der Waals surface area contributed by atoms with E-state index < -0.39 is 20.7 Å². The number of rotatable bonds is 3. The molecule has 3 N–H and O–H groups in total. The Morgan fingerprint density at radius 3 is 2.54 bits per heavy atom. The second-order valence-electron chi connectivity index (χ2n) is 5.58. The van der Waals surface area contributed by atoms with Crippen molar-refractivity contribution in [2.24, 2.45) is 5.14 Å². The van der Waals surface area contributed by atoms with Crippen molar-refractivity contribution in [3.63, 3.8) is 0 Å². The number of halogens is 1. The van der Waals surface area contributed by atoms with Gasteiger partial charge in [-0.3, -0.25) is 5.10 Å². The lowest BCUT2D eigenvalue weighted by Crippen LogP contribution is -2.15. The van der Waals surface area contributed by atoms with Gasteiger partial charge in [0.2, 0.25) is 10.0 Å². The molecule has 2 aromatic heterocycles. The van der Waals surface area contributed by atoms with Crippen LogP contribution in [-0.4, -0.2) is 28.6 Å². The number of fused-ring (bicyclic) bond motifs is 1. The molecule has 0 aliphatic heterocycles. The average molecular weight is 369 g/mol. The molecule has 9 heteroatoms. The quantitative estimate of drug-likeness (QED) is 0.576. The molecule has 7 nitrogen and oxygen atoms in total. The van der Waals surface area contributed by atoms with Gasteiger partial charge in [0.1, 0.15) is 4.90 Å². The number of primary sulfonamides is 1. The lowest BCUT2D eigenvalue weighted by molar-refractivity contribution is 0.570. The highest BCUT2D eigenvalue weighted by molar-refractivity contribution is 7.89. The van der Waals surface area contributed by atoms with Crippen LogP contribution in [0.3, 0.4) is 0 Å². The maximum absolute atomic E-state index is 15.1. The Morgan fingerprint density at radius 1 is 1.04 bits per heavy atom. The van der Waals surface area contributed by atoms with Crippen LogP contribution in [0.15, 0.2) is 59.8 Å². The van der Waals surface area contributed by atoms with Gasteiger partial charge in [-0.05, 0) is 17.7 Å². The van der Waals surface area contributed by atoms with Crippen molar-refractivity contribution in [2.45, 2.75) is 4.90 Å². The van der Waals surface area contributed by atoms with Gasteiger partial charge in [0, 0.05) is 17.3 Å². The van der Waals surface area contributed by atoms with Crippen LogP contribution in [0.5, 0.6) is 0 Å². The molecule has 0 fully saturated rings. The molecule has 2 aromatic carbocycles. The van der Waals surface area contributed by atoms with Crippen molar-refractivity contribution in [1.82, 2.24) is 20.2 Å². The molecule has 0 bridgehead atoms. The van der Waals surface area contributed by atoms with E-state index in [1.54, 1.807) is 42.7 Å². The summed E-state index contributed by atoms with van der Waals surface area (Å²) >= 11 is 0. The van der Waals surface area contributed by atoms with Crippen molar-refractivity contribution in [1.29, 1.82) is 0 Å². The molecule has 130 valence electrons. The Hall–Kier alpha value is -3.17. The normalized spacial score (nSPS) is 11.8. The molecular formula is C17H12FN5O2S.